The first kappa shape index (κ1) is 11.1. The second-order valence-electron chi connectivity index (χ2n) is 4.34. The van der Waals surface area contributed by atoms with Crippen molar-refractivity contribution in [3.8, 4) is 0 Å². The molecular weight excluding hydrogens is 198 g/mol. The van der Waals surface area contributed by atoms with E-state index in [0.717, 1.165) is 18.9 Å². The monoisotopic (exact) mass is 217 g/mol. The Bertz CT molecular complexity index is 359. The minimum Gasteiger partial charge on any atom is -0.368 e. The lowest BCUT2D eigenvalue weighted by molar-refractivity contribution is 0.599. The van der Waals surface area contributed by atoms with E-state index in [-0.39, 0.29) is 0 Å². The highest BCUT2D eigenvalue weighted by molar-refractivity contribution is 5.86. The van der Waals surface area contributed by atoms with Gasteiger partial charge in [0, 0.05) is 12.6 Å². The highest BCUT2D eigenvalue weighted by atomic mass is 15.1. The van der Waals surface area contributed by atoms with Crippen molar-refractivity contribution in [1.82, 2.24) is 10.6 Å². The molecule has 0 unspecified atom stereocenters. The Hall–Kier alpha value is -1.35. The fourth-order valence-electron chi connectivity index (χ4n) is 1.80. The third kappa shape index (κ3) is 2.83. The molecule has 0 bridgehead atoms. The largest absolute Gasteiger partial charge is 0.368 e. The maximum absolute atomic E-state index is 4.54. The van der Waals surface area contributed by atoms with E-state index in [4.69, 9.17) is 0 Å². The normalized spacial score (nSPS) is 24.0. The highest BCUT2D eigenvalue weighted by Gasteiger charge is 2.19. The summed E-state index contributed by atoms with van der Waals surface area (Å²) in [5.74, 6) is 1.08. The summed E-state index contributed by atoms with van der Waals surface area (Å²) >= 11 is 0. The molecule has 3 nitrogen and oxygen atoms in total. The maximum atomic E-state index is 4.54. The fraction of sp³-hybridized carbons (Fsp3) is 0.462. The molecule has 0 saturated carbocycles. The van der Waals surface area contributed by atoms with E-state index in [0.29, 0.717) is 12.1 Å². The molecule has 0 radical (unpaired) electrons. The third-order valence-corrected chi connectivity index (χ3v) is 2.94. The second-order valence-corrected chi connectivity index (χ2v) is 4.34. The number of amidine groups is 1. The van der Waals surface area contributed by atoms with Crippen molar-refractivity contribution in [3.05, 3.63) is 35.9 Å². The molecule has 2 atom stereocenters. The SMILES string of the molecule is C[C@@H]1N=C(CNCc2ccccc2)N[C@@H]1C. The molecule has 16 heavy (non-hydrogen) atoms. The van der Waals surface area contributed by atoms with E-state index in [1.807, 2.05) is 6.07 Å². The van der Waals surface area contributed by atoms with Crippen molar-refractivity contribution < 1.29 is 0 Å². The van der Waals surface area contributed by atoms with Crippen molar-refractivity contribution in [2.45, 2.75) is 32.5 Å². The van der Waals surface area contributed by atoms with Crippen molar-refractivity contribution in [3.63, 3.8) is 0 Å². The van der Waals surface area contributed by atoms with Crippen LogP contribution in [0.15, 0.2) is 35.3 Å². The molecule has 1 aromatic rings. The lowest BCUT2D eigenvalue weighted by Crippen LogP contribution is -2.35. The molecule has 1 aliphatic heterocycles. The average Bonchev–Trinajstić information content (AvgIpc) is 2.60. The van der Waals surface area contributed by atoms with E-state index in [9.17, 15) is 0 Å². The van der Waals surface area contributed by atoms with Crippen LogP contribution in [0.4, 0.5) is 0 Å². The number of hydrogen-bond acceptors (Lipinski definition) is 3. The van der Waals surface area contributed by atoms with Crippen molar-refractivity contribution in [1.29, 1.82) is 0 Å². The minimum absolute atomic E-state index is 0.397. The minimum atomic E-state index is 0.397. The quantitative estimate of drug-likeness (QED) is 0.803. The summed E-state index contributed by atoms with van der Waals surface area (Å²) in [7, 11) is 0. The molecule has 0 aliphatic carbocycles. The van der Waals surface area contributed by atoms with Crippen molar-refractivity contribution in [2.24, 2.45) is 4.99 Å². The Labute approximate surface area is 97.0 Å². The zero-order valence-electron chi connectivity index (χ0n) is 9.90. The van der Waals surface area contributed by atoms with Crippen LogP contribution in [0.5, 0.6) is 0 Å². The predicted octanol–water partition coefficient (Wildman–Crippen LogP) is 1.55. The van der Waals surface area contributed by atoms with Crippen molar-refractivity contribution >= 4 is 5.84 Å². The molecular formula is C13H19N3. The van der Waals surface area contributed by atoms with Gasteiger partial charge in [0.15, 0.2) is 0 Å². The number of rotatable bonds is 4. The van der Waals surface area contributed by atoms with E-state index in [2.05, 4.69) is 53.7 Å². The van der Waals surface area contributed by atoms with Crippen molar-refractivity contribution in [2.75, 3.05) is 6.54 Å². The van der Waals surface area contributed by atoms with Crippen LogP contribution in [-0.4, -0.2) is 24.5 Å². The summed E-state index contributed by atoms with van der Waals surface area (Å²) in [4.78, 5) is 4.54. The van der Waals surface area contributed by atoms with E-state index in [1.54, 1.807) is 0 Å². The topological polar surface area (TPSA) is 36.4 Å². The van der Waals surface area contributed by atoms with E-state index in [1.165, 1.54) is 5.56 Å². The molecule has 2 N–H and O–H groups in total. The molecule has 0 saturated heterocycles. The lowest BCUT2D eigenvalue weighted by atomic mass is 10.2. The Kier molecular flexibility index (Phi) is 3.57. The first-order valence-electron chi connectivity index (χ1n) is 5.83. The average molecular weight is 217 g/mol. The Morgan fingerprint density at radius 2 is 1.94 bits per heavy atom. The van der Waals surface area contributed by atoms with Gasteiger partial charge in [-0.15, -0.1) is 0 Å². The highest BCUT2D eigenvalue weighted by Crippen LogP contribution is 2.05. The maximum Gasteiger partial charge on any atom is 0.111 e. The number of benzene rings is 1. The van der Waals surface area contributed by atoms with Gasteiger partial charge in [-0.05, 0) is 19.4 Å². The van der Waals surface area contributed by atoms with Gasteiger partial charge in [-0.2, -0.15) is 0 Å². The summed E-state index contributed by atoms with van der Waals surface area (Å²) in [5.41, 5.74) is 1.31. The summed E-state index contributed by atoms with van der Waals surface area (Å²) in [6.07, 6.45) is 0. The van der Waals surface area contributed by atoms with Gasteiger partial charge in [-0.1, -0.05) is 30.3 Å². The van der Waals surface area contributed by atoms with Crippen LogP contribution in [0.25, 0.3) is 0 Å². The van der Waals surface area contributed by atoms with Gasteiger partial charge in [0.1, 0.15) is 5.84 Å². The molecule has 3 heteroatoms. The Morgan fingerprint density at radius 3 is 2.56 bits per heavy atom. The molecule has 1 aliphatic rings. The summed E-state index contributed by atoms with van der Waals surface area (Å²) in [6, 6.07) is 11.3. The number of hydrogen-bond donors (Lipinski definition) is 2. The Balaban J connectivity index is 1.75. The van der Waals surface area contributed by atoms with Gasteiger partial charge >= 0.3 is 0 Å². The van der Waals surface area contributed by atoms with Crippen LogP contribution in [0.3, 0.4) is 0 Å². The van der Waals surface area contributed by atoms with Crippen LogP contribution in [0, 0.1) is 0 Å². The first-order valence-corrected chi connectivity index (χ1v) is 5.83. The Morgan fingerprint density at radius 1 is 1.19 bits per heavy atom. The molecule has 2 rings (SSSR count). The molecule has 0 aromatic heterocycles. The van der Waals surface area contributed by atoms with Gasteiger partial charge < -0.3 is 10.6 Å². The van der Waals surface area contributed by atoms with Crippen LogP contribution < -0.4 is 10.6 Å². The number of aliphatic imine (C=N–C) groups is 1. The zero-order chi connectivity index (χ0) is 11.4. The number of nitrogens with one attached hydrogen (secondary N) is 2. The van der Waals surface area contributed by atoms with Crippen LogP contribution in [0.2, 0.25) is 0 Å². The van der Waals surface area contributed by atoms with Gasteiger partial charge in [-0.25, -0.2) is 0 Å². The lowest BCUT2D eigenvalue weighted by Gasteiger charge is -2.09. The predicted molar refractivity (Wildman–Crippen MR) is 67.6 cm³/mol. The zero-order valence-corrected chi connectivity index (χ0v) is 9.90. The molecule has 1 heterocycles. The van der Waals surface area contributed by atoms with E-state index >= 15 is 0 Å². The van der Waals surface area contributed by atoms with Gasteiger partial charge in [0.2, 0.25) is 0 Å². The van der Waals surface area contributed by atoms with Crippen LogP contribution in [0.1, 0.15) is 19.4 Å². The van der Waals surface area contributed by atoms with Gasteiger partial charge in [0.25, 0.3) is 0 Å². The fourth-order valence-corrected chi connectivity index (χ4v) is 1.80. The molecule has 0 fully saturated rings. The first-order chi connectivity index (χ1) is 7.75. The molecule has 86 valence electrons. The standard InChI is InChI=1S/C13H19N3/c1-10-11(2)16-13(15-10)9-14-8-12-6-4-3-5-7-12/h3-7,10-11,14H,8-9H2,1-2H3,(H,15,16)/t10-,11+. The summed E-state index contributed by atoms with van der Waals surface area (Å²) in [6.45, 7) is 6.02. The van der Waals surface area contributed by atoms with Crippen LogP contribution >= 0.6 is 0 Å². The molecule has 0 spiro atoms. The smallest absolute Gasteiger partial charge is 0.111 e. The van der Waals surface area contributed by atoms with Gasteiger partial charge in [-0.3, -0.25) is 4.99 Å². The second kappa shape index (κ2) is 5.12. The molecule has 1 aromatic carbocycles. The third-order valence-electron chi connectivity index (χ3n) is 2.94. The van der Waals surface area contributed by atoms with E-state index < -0.39 is 0 Å². The summed E-state index contributed by atoms with van der Waals surface area (Å²) < 4.78 is 0. The summed E-state index contributed by atoms with van der Waals surface area (Å²) in [5, 5.41) is 6.77. The number of nitrogens with zero attached hydrogens (tertiary/aromatic N) is 1. The molecule has 0 amide bonds. The van der Waals surface area contributed by atoms with Crippen LogP contribution in [-0.2, 0) is 6.54 Å². The van der Waals surface area contributed by atoms with Gasteiger partial charge in [0.05, 0.1) is 12.6 Å².